The van der Waals surface area contributed by atoms with Crippen molar-refractivity contribution >= 4 is 23.5 Å². The highest BCUT2D eigenvalue weighted by Gasteiger charge is 2.27. The second kappa shape index (κ2) is 10.6. The van der Waals surface area contributed by atoms with Gasteiger partial charge in [0, 0.05) is 32.2 Å². The Bertz CT molecular complexity index is 961. The normalized spacial score (nSPS) is 17.4. The third kappa shape index (κ3) is 5.56. The number of benzene rings is 1. The van der Waals surface area contributed by atoms with E-state index in [1.165, 1.54) is 30.4 Å². The third-order valence-corrected chi connectivity index (χ3v) is 6.60. The quantitative estimate of drug-likeness (QED) is 0.722. The van der Waals surface area contributed by atoms with Gasteiger partial charge < -0.3 is 24.9 Å². The lowest BCUT2D eigenvalue weighted by Gasteiger charge is -2.34. The Kier molecular flexibility index (Phi) is 7.32. The van der Waals surface area contributed by atoms with Crippen LogP contribution in [0, 0.1) is 0 Å². The van der Waals surface area contributed by atoms with Crippen LogP contribution in [0.15, 0.2) is 47.1 Å². The van der Waals surface area contributed by atoms with Crippen LogP contribution >= 0.6 is 0 Å². The van der Waals surface area contributed by atoms with E-state index in [9.17, 15) is 14.4 Å². The zero-order valence-electron chi connectivity index (χ0n) is 19.1. The highest BCUT2D eigenvalue weighted by atomic mass is 16.3. The van der Waals surface area contributed by atoms with Crippen LogP contribution in [0.25, 0.3) is 0 Å². The molecule has 176 valence electrons. The molecule has 0 spiro atoms. The summed E-state index contributed by atoms with van der Waals surface area (Å²) in [5.41, 5.74) is 0.943. The van der Waals surface area contributed by atoms with Crippen LogP contribution in [0.1, 0.15) is 65.9 Å². The minimum atomic E-state index is -0.322. The van der Waals surface area contributed by atoms with Crippen LogP contribution in [0.2, 0.25) is 0 Å². The Balaban J connectivity index is 1.32. The molecule has 33 heavy (non-hydrogen) atoms. The molecule has 1 aromatic heterocycles. The Labute approximate surface area is 194 Å². The number of hydrogen-bond acceptors (Lipinski definition) is 4. The highest BCUT2D eigenvalue weighted by Crippen LogP contribution is 2.23. The SMILES string of the molecule is CN(C(=O)c1ccco1)c1ccccc1C(=O)NC1CCN(C(=O)NC2CCCCC2)CC1. The first-order valence-electron chi connectivity index (χ1n) is 11.8. The van der Waals surface area contributed by atoms with E-state index in [0.717, 1.165) is 12.8 Å². The van der Waals surface area contributed by atoms with Crippen molar-refractivity contribution in [3.8, 4) is 0 Å². The van der Waals surface area contributed by atoms with Crippen molar-refractivity contribution in [1.29, 1.82) is 0 Å². The van der Waals surface area contributed by atoms with E-state index in [2.05, 4.69) is 10.6 Å². The topological polar surface area (TPSA) is 94.9 Å². The maximum Gasteiger partial charge on any atom is 0.317 e. The molecule has 1 saturated heterocycles. The number of piperidine rings is 1. The van der Waals surface area contributed by atoms with Gasteiger partial charge in [-0.25, -0.2) is 4.79 Å². The maximum absolute atomic E-state index is 13.1. The molecule has 2 aromatic rings. The lowest BCUT2D eigenvalue weighted by molar-refractivity contribution is 0.0918. The van der Waals surface area contributed by atoms with Gasteiger partial charge in [0.1, 0.15) is 0 Å². The van der Waals surface area contributed by atoms with E-state index in [1.807, 2.05) is 4.90 Å². The minimum Gasteiger partial charge on any atom is -0.459 e. The van der Waals surface area contributed by atoms with Gasteiger partial charge in [-0.1, -0.05) is 31.4 Å². The van der Waals surface area contributed by atoms with Crippen molar-refractivity contribution in [2.75, 3.05) is 25.0 Å². The molecule has 1 aliphatic carbocycles. The molecule has 0 unspecified atom stereocenters. The number of rotatable bonds is 5. The number of furan rings is 1. The fourth-order valence-electron chi connectivity index (χ4n) is 4.64. The monoisotopic (exact) mass is 452 g/mol. The van der Waals surface area contributed by atoms with Gasteiger partial charge in [0.25, 0.3) is 11.8 Å². The lowest BCUT2D eigenvalue weighted by Crippen LogP contribution is -2.51. The molecule has 8 heteroatoms. The summed E-state index contributed by atoms with van der Waals surface area (Å²) in [6, 6.07) is 10.6. The molecular weight excluding hydrogens is 420 g/mol. The number of likely N-dealkylation sites (tertiary alicyclic amines) is 1. The molecule has 1 saturated carbocycles. The summed E-state index contributed by atoms with van der Waals surface area (Å²) in [5.74, 6) is -0.334. The summed E-state index contributed by atoms with van der Waals surface area (Å²) < 4.78 is 5.21. The molecule has 2 fully saturated rings. The molecule has 8 nitrogen and oxygen atoms in total. The highest BCUT2D eigenvalue weighted by molar-refractivity contribution is 6.09. The van der Waals surface area contributed by atoms with Gasteiger partial charge in [0.05, 0.1) is 17.5 Å². The summed E-state index contributed by atoms with van der Waals surface area (Å²) in [6.07, 6.45) is 8.60. The largest absolute Gasteiger partial charge is 0.459 e. The second-order valence-corrected chi connectivity index (χ2v) is 8.88. The molecule has 1 aromatic carbocycles. The van der Waals surface area contributed by atoms with Crippen molar-refractivity contribution < 1.29 is 18.8 Å². The van der Waals surface area contributed by atoms with Crippen molar-refractivity contribution in [2.45, 2.75) is 57.0 Å². The van der Waals surface area contributed by atoms with Gasteiger partial charge in [-0.05, 0) is 49.9 Å². The van der Waals surface area contributed by atoms with Crippen LogP contribution in [0.4, 0.5) is 10.5 Å². The number of para-hydroxylation sites is 1. The van der Waals surface area contributed by atoms with Gasteiger partial charge in [-0.15, -0.1) is 0 Å². The number of nitrogens with one attached hydrogen (secondary N) is 2. The molecule has 2 aliphatic rings. The van der Waals surface area contributed by atoms with Gasteiger partial charge in [-0.2, -0.15) is 0 Å². The average Bonchev–Trinajstić information content (AvgIpc) is 3.39. The molecule has 2 heterocycles. The lowest BCUT2D eigenvalue weighted by atomic mass is 9.95. The second-order valence-electron chi connectivity index (χ2n) is 8.88. The number of hydrogen-bond donors (Lipinski definition) is 2. The van der Waals surface area contributed by atoms with E-state index < -0.39 is 0 Å². The van der Waals surface area contributed by atoms with E-state index in [0.29, 0.717) is 43.2 Å². The number of anilines is 1. The predicted octanol–water partition coefficient (Wildman–Crippen LogP) is 3.79. The van der Waals surface area contributed by atoms with Crippen LogP contribution in [0.5, 0.6) is 0 Å². The average molecular weight is 453 g/mol. The number of amides is 4. The molecular formula is C25H32N4O4. The van der Waals surface area contributed by atoms with E-state index >= 15 is 0 Å². The van der Waals surface area contributed by atoms with Gasteiger partial charge in [0.15, 0.2) is 5.76 Å². The Morgan fingerprint density at radius 1 is 0.909 bits per heavy atom. The number of carbonyl (C=O) groups excluding carboxylic acids is 3. The molecule has 0 bridgehead atoms. The number of nitrogens with zero attached hydrogens (tertiary/aromatic N) is 2. The summed E-state index contributed by atoms with van der Waals surface area (Å²) in [6.45, 7) is 1.23. The van der Waals surface area contributed by atoms with Crippen molar-refractivity contribution in [3.63, 3.8) is 0 Å². The Morgan fingerprint density at radius 3 is 2.30 bits per heavy atom. The molecule has 4 amide bonds. The van der Waals surface area contributed by atoms with Crippen LogP contribution in [-0.2, 0) is 0 Å². The smallest absolute Gasteiger partial charge is 0.317 e. The first-order chi connectivity index (χ1) is 16.0. The molecule has 4 rings (SSSR count). The predicted molar refractivity (Wildman–Crippen MR) is 125 cm³/mol. The van der Waals surface area contributed by atoms with Crippen molar-refractivity contribution in [1.82, 2.24) is 15.5 Å². The number of urea groups is 1. The van der Waals surface area contributed by atoms with Crippen molar-refractivity contribution in [3.05, 3.63) is 54.0 Å². The fourth-order valence-corrected chi connectivity index (χ4v) is 4.64. The van der Waals surface area contributed by atoms with Crippen LogP contribution in [-0.4, -0.2) is 55.0 Å². The van der Waals surface area contributed by atoms with E-state index in [1.54, 1.807) is 43.4 Å². The molecule has 0 radical (unpaired) electrons. The summed E-state index contributed by atoms with van der Waals surface area (Å²) in [7, 11) is 1.63. The zero-order chi connectivity index (χ0) is 23.2. The van der Waals surface area contributed by atoms with Gasteiger partial charge in [-0.3, -0.25) is 9.59 Å². The first kappa shape index (κ1) is 22.9. The van der Waals surface area contributed by atoms with Crippen LogP contribution < -0.4 is 15.5 Å². The third-order valence-electron chi connectivity index (χ3n) is 6.60. The standard InChI is InChI=1S/C25H32N4O4/c1-28(24(31)22-12-7-17-33-22)21-11-6-5-10-20(21)23(30)26-19-13-15-29(16-14-19)25(32)27-18-8-3-2-4-9-18/h5-7,10-12,17-19H,2-4,8-9,13-16H2,1H3,(H,26,30)(H,27,32). The molecule has 2 N–H and O–H groups in total. The van der Waals surface area contributed by atoms with E-state index in [-0.39, 0.29) is 29.6 Å². The summed E-state index contributed by atoms with van der Waals surface area (Å²) in [5, 5.41) is 6.25. The van der Waals surface area contributed by atoms with Crippen LogP contribution in [0.3, 0.4) is 0 Å². The Hall–Kier alpha value is -3.29. The minimum absolute atomic E-state index is 0.00934. The Morgan fingerprint density at radius 2 is 1.61 bits per heavy atom. The van der Waals surface area contributed by atoms with E-state index in [4.69, 9.17) is 4.42 Å². The van der Waals surface area contributed by atoms with Gasteiger partial charge in [0.2, 0.25) is 0 Å². The fraction of sp³-hybridized carbons (Fsp3) is 0.480. The summed E-state index contributed by atoms with van der Waals surface area (Å²) >= 11 is 0. The molecule has 0 atom stereocenters. The maximum atomic E-state index is 13.1. The zero-order valence-corrected chi connectivity index (χ0v) is 19.1. The number of carbonyl (C=O) groups is 3. The van der Waals surface area contributed by atoms with Gasteiger partial charge >= 0.3 is 6.03 Å². The van der Waals surface area contributed by atoms with Crippen molar-refractivity contribution in [2.24, 2.45) is 0 Å². The molecule has 1 aliphatic heterocycles. The first-order valence-corrected chi connectivity index (χ1v) is 11.8. The summed E-state index contributed by atoms with van der Waals surface area (Å²) in [4.78, 5) is 41.6.